The first-order valence-corrected chi connectivity index (χ1v) is 8.99. The Hall–Kier alpha value is -1.43. The molecule has 0 aliphatic carbocycles. The van der Waals surface area contributed by atoms with E-state index in [-0.39, 0.29) is 5.92 Å². The Morgan fingerprint density at radius 3 is 2.67 bits per heavy atom. The quantitative estimate of drug-likeness (QED) is 0.910. The number of hydrogen-bond acceptors (Lipinski definition) is 4. The molecule has 3 aliphatic heterocycles. The Kier molecular flexibility index (Phi) is 4.33. The highest BCUT2D eigenvalue weighted by Crippen LogP contribution is 2.43. The van der Waals surface area contributed by atoms with Crippen LogP contribution in [0.25, 0.3) is 0 Å². The third kappa shape index (κ3) is 2.85. The molecular weight excluding hydrogens is 304 g/mol. The van der Waals surface area contributed by atoms with E-state index in [1.54, 1.807) is 0 Å². The molecule has 1 aromatic rings. The van der Waals surface area contributed by atoms with Crippen molar-refractivity contribution in [2.75, 3.05) is 39.4 Å². The fourth-order valence-corrected chi connectivity index (χ4v) is 4.64. The maximum absolute atomic E-state index is 11.8. The van der Waals surface area contributed by atoms with Crippen LogP contribution in [0, 0.1) is 11.3 Å². The van der Waals surface area contributed by atoms with Crippen LogP contribution in [-0.2, 0) is 16.1 Å². The standard InChI is InChI=1S/C19H26N2O3/c22-18(23)19-13-21(11-16(19)12-24-14-19)17-6-8-20(9-7-17)10-15-4-2-1-3-5-15/h1-5,16-17H,6-14H2,(H,22,23)/t16-,19-/m1/s1. The molecule has 5 nitrogen and oxygen atoms in total. The zero-order valence-corrected chi connectivity index (χ0v) is 14.1. The molecule has 3 fully saturated rings. The van der Waals surface area contributed by atoms with Gasteiger partial charge in [-0.3, -0.25) is 14.6 Å². The van der Waals surface area contributed by atoms with Gasteiger partial charge in [0.05, 0.1) is 13.2 Å². The number of carboxylic acid groups (broad SMARTS) is 1. The predicted octanol–water partition coefficient (Wildman–Crippen LogP) is 1.68. The molecule has 0 amide bonds. The lowest BCUT2D eigenvalue weighted by molar-refractivity contribution is -0.149. The van der Waals surface area contributed by atoms with Crippen LogP contribution in [-0.4, -0.2) is 66.3 Å². The molecule has 4 rings (SSSR count). The zero-order chi connectivity index (χ0) is 16.6. The highest BCUT2D eigenvalue weighted by Gasteiger charge is 2.57. The van der Waals surface area contributed by atoms with Crippen LogP contribution in [0.1, 0.15) is 18.4 Å². The van der Waals surface area contributed by atoms with Crippen molar-refractivity contribution in [3.63, 3.8) is 0 Å². The molecule has 0 aromatic heterocycles. The van der Waals surface area contributed by atoms with Gasteiger partial charge in [-0.15, -0.1) is 0 Å². The maximum Gasteiger partial charge on any atom is 0.313 e. The molecule has 3 aliphatic rings. The topological polar surface area (TPSA) is 53.0 Å². The average molecular weight is 330 g/mol. The predicted molar refractivity (Wildman–Crippen MR) is 90.7 cm³/mol. The van der Waals surface area contributed by atoms with Gasteiger partial charge in [-0.1, -0.05) is 30.3 Å². The van der Waals surface area contributed by atoms with Gasteiger partial charge >= 0.3 is 5.97 Å². The molecule has 3 saturated heterocycles. The summed E-state index contributed by atoms with van der Waals surface area (Å²) in [4.78, 5) is 16.7. The first-order chi connectivity index (χ1) is 11.7. The molecule has 0 bridgehead atoms. The van der Waals surface area contributed by atoms with E-state index in [2.05, 4.69) is 40.1 Å². The second-order valence-electron chi connectivity index (χ2n) is 7.60. The van der Waals surface area contributed by atoms with Gasteiger partial charge in [0.1, 0.15) is 5.41 Å². The van der Waals surface area contributed by atoms with E-state index in [9.17, 15) is 9.90 Å². The van der Waals surface area contributed by atoms with Crippen molar-refractivity contribution in [3.8, 4) is 0 Å². The maximum atomic E-state index is 11.8. The summed E-state index contributed by atoms with van der Waals surface area (Å²) >= 11 is 0. The summed E-state index contributed by atoms with van der Waals surface area (Å²) in [6, 6.07) is 11.1. The largest absolute Gasteiger partial charge is 0.481 e. The van der Waals surface area contributed by atoms with E-state index < -0.39 is 11.4 Å². The van der Waals surface area contributed by atoms with E-state index in [1.165, 1.54) is 5.56 Å². The van der Waals surface area contributed by atoms with Crippen molar-refractivity contribution < 1.29 is 14.6 Å². The number of hydrogen-bond donors (Lipinski definition) is 1. The summed E-state index contributed by atoms with van der Waals surface area (Å²) in [5.41, 5.74) is 0.717. The van der Waals surface area contributed by atoms with Gasteiger partial charge in [0.25, 0.3) is 0 Å². The first-order valence-electron chi connectivity index (χ1n) is 8.99. The van der Waals surface area contributed by atoms with Gasteiger partial charge in [0.2, 0.25) is 0 Å². The number of benzene rings is 1. The smallest absolute Gasteiger partial charge is 0.313 e. The fourth-order valence-electron chi connectivity index (χ4n) is 4.64. The summed E-state index contributed by atoms with van der Waals surface area (Å²) in [7, 11) is 0. The SMILES string of the molecule is O=C(O)[C@]12COC[C@H]1CN(C1CCN(Cc3ccccc3)CC1)C2. The molecule has 24 heavy (non-hydrogen) atoms. The van der Waals surface area contributed by atoms with Crippen LogP contribution in [0.15, 0.2) is 30.3 Å². The molecule has 0 radical (unpaired) electrons. The van der Waals surface area contributed by atoms with Crippen molar-refractivity contribution in [2.45, 2.75) is 25.4 Å². The third-order valence-corrected chi connectivity index (χ3v) is 6.15. The lowest BCUT2D eigenvalue weighted by Crippen LogP contribution is -2.46. The number of aliphatic carboxylic acids is 1. The summed E-state index contributed by atoms with van der Waals surface area (Å²) < 4.78 is 5.48. The zero-order valence-electron chi connectivity index (χ0n) is 14.1. The molecule has 3 heterocycles. The number of rotatable bonds is 4. The Balaban J connectivity index is 1.33. The van der Waals surface area contributed by atoms with E-state index in [4.69, 9.17) is 4.74 Å². The highest BCUT2D eigenvalue weighted by molar-refractivity contribution is 5.76. The van der Waals surface area contributed by atoms with E-state index in [0.29, 0.717) is 25.8 Å². The lowest BCUT2D eigenvalue weighted by Gasteiger charge is -2.37. The van der Waals surface area contributed by atoms with Crippen molar-refractivity contribution in [3.05, 3.63) is 35.9 Å². The van der Waals surface area contributed by atoms with Crippen LogP contribution >= 0.6 is 0 Å². The van der Waals surface area contributed by atoms with Crippen LogP contribution in [0.3, 0.4) is 0 Å². The molecule has 130 valence electrons. The Bertz CT molecular complexity index is 586. The molecule has 0 spiro atoms. The number of piperidine rings is 1. The minimum Gasteiger partial charge on any atom is -0.481 e. The van der Waals surface area contributed by atoms with Crippen LogP contribution in [0.2, 0.25) is 0 Å². The lowest BCUT2D eigenvalue weighted by atomic mass is 9.81. The van der Waals surface area contributed by atoms with Gasteiger partial charge in [-0.05, 0) is 31.5 Å². The van der Waals surface area contributed by atoms with Gasteiger partial charge in [-0.25, -0.2) is 0 Å². The van der Waals surface area contributed by atoms with Gasteiger partial charge in [0.15, 0.2) is 0 Å². The second kappa shape index (κ2) is 6.47. The first kappa shape index (κ1) is 16.1. The minimum absolute atomic E-state index is 0.164. The Labute approximate surface area is 143 Å². The number of likely N-dealkylation sites (tertiary alicyclic amines) is 2. The fraction of sp³-hybridized carbons (Fsp3) is 0.632. The monoisotopic (exact) mass is 330 g/mol. The van der Waals surface area contributed by atoms with Crippen molar-refractivity contribution in [1.82, 2.24) is 9.80 Å². The van der Waals surface area contributed by atoms with Crippen molar-refractivity contribution >= 4 is 5.97 Å². The summed E-state index contributed by atoms with van der Waals surface area (Å²) in [6.07, 6.45) is 2.27. The molecule has 2 atom stereocenters. The molecular formula is C19H26N2O3. The van der Waals surface area contributed by atoms with E-state index in [0.717, 1.165) is 39.0 Å². The number of nitrogens with zero attached hydrogens (tertiary/aromatic N) is 2. The van der Waals surface area contributed by atoms with Crippen LogP contribution in [0.4, 0.5) is 0 Å². The van der Waals surface area contributed by atoms with E-state index >= 15 is 0 Å². The summed E-state index contributed by atoms with van der Waals surface area (Å²) in [5, 5.41) is 9.68. The molecule has 1 aromatic carbocycles. The molecule has 0 saturated carbocycles. The van der Waals surface area contributed by atoms with Gasteiger partial charge in [0, 0.05) is 31.6 Å². The highest BCUT2D eigenvalue weighted by atomic mass is 16.5. The number of ether oxygens (including phenoxy) is 1. The van der Waals surface area contributed by atoms with E-state index in [1.807, 2.05) is 0 Å². The summed E-state index contributed by atoms with van der Waals surface area (Å²) in [5.74, 6) is -0.508. The number of carboxylic acids is 1. The van der Waals surface area contributed by atoms with Gasteiger partial charge in [-0.2, -0.15) is 0 Å². The number of fused-ring (bicyclic) bond motifs is 1. The molecule has 1 N–H and O–H groups in total. The molecule has 0 unspecified atom stereocenters. The molecule has 5 heteroatoms. The Morgan fingerprint density at radius 1 is 1.25 bits per heavy atom. The van der Waals surface area contributed by atoms with Crippen LogP contribution in [0.5, 0.6) is 0 Å². The number of carbonyl (C=O) groups is 1. The normalized spacial score (nSPS) is 32.1. The van der Waals surface area contributed by atoms with Crippen molar-refractivity contribution in [2.24, 2.45) is 11.3 Å². The minimum atomic E-state index is -0.672. The average Bonchev–Trinajstić information content (AvgIpc) is 3.15. The van der Waals surface area contributed by atoms with Crippen molar-refractivity contribution in [1.29, 1.82) is 0 Å². The Morgan fingerprint density at radius 2 is 2.00 bits per heavy atom. The van der Waals surface area contributed by atoms with Gasteiger partial charge < -0.3 is 9.84 Å². The summed E-state index contributed by atoms with van der Waals surface area (Å²) in [6.45, 7) is 5.75. The third-order valence-electron chi connectivity index (χ3n) is 6.15. The second-order valence-corrected chi connectivity index (χ2v) is 7.60. The van der Waals surface area contributed by atoms with Crippen LogP contribution < -0.4 is 0 Å².